The maximum Gasteiger partial charge on any atom is 0.326 e. The van der Waals surface area contributed by atoms with Gasteiger partial charge in [-0.25, -0.2) is 0 Å². The van der Waals surface area contributed by atoms with E-state index in [1.807, 2.05) is 6.92 Å². The molecular formula is C21H18N2O5S. The number of benzene rings is 1. The summed E-state index contributed by atoms with van der Waals surface area (Å²) in [6, 6.07) is 12.4. The SMILES string of the molecule is CC[C@@H](C)OC(=O)CN1C(=O)S/C(=C/c2ccc(-c3ccccc3C#N)o2)C1=O. The number of carbonyl (C=O) groups is 3. The van der Waals surface area contributed by atoms with E-state index in [1.54, 1.807) is 43.3 Å². The summed E-state index contributed by atoms with van der Waals surface area (Å²) in [6.07, 6.45) is 1.81. The first kappa shape index (κ1) is 20.4. The first-order valence-corrected chi connectivity index (χ1v) is 9.78. The van der Waals surface area contributed by atoms with E-state index in [9.17, 15) is 19.6 Å². The standard InChI is InChI=1S/C21H18N2O5S/c1-3-13(2)27-19(24)12-23-20(25)18(29-21(23)26)10-15-8-9-17(28-15)16-7-5-4-6-14(16)11-22/h4-10,13H,3,12H2,1-2H3/b18-10+/t13-/m1/s1. The number of rotatable bonds is 6. The Hall–Kier alpha value is -3.31. The number of nitriles is 1. The molecule has 0 bridgehead atoms. The van der Waals surface area contributed by atoms with E-state index in [-0.39, 0.29) is 11.0 Å². The van der Waals surface area contributed by atoms with Gasteiger partial charge in [0.05, 0.1) is 22.6 Å². The third kappa shape index (κ3) is 4.58. The Balaban J connectivity index is 1.76. The second kappa shape index (κ2) is 8.80. The smallest absolute Gasteiger partial charge is 0.326 e. The van der Waals surface area contributed by atoms with Crippen LogP contribution in [0.4, 0.5) is 4.79 Å². The zero-order valence-electron chi connectivity index (χ0n) is 15.9. The minimum absolute atomic E-state index is 0.154. The summed E-state index contributed by atoms with van der Waals surface area (Å²) < 4.78 is 10.9. The lowest BCUT2D eigenvalue weighted by Crippen LogP contribution is -2.35. The van der Waals surface area contributed by atoms with E-state index in [0.717, 1.165) is 16.7 Å². The van der Waals surface area contributed by atoms with Gasteiger partial charge in [-0.2, -0.15) is 5.26 Å². The molecule has 1 atom stereocenters. The van der Waals surface area contributed by atoms with E-state index in [0.29, 0.717) is 29.1 Å². The molecule has 1 fully saturated rings. The number of ether oxygens (including phenoxy) is 1. The van der Waals surface area contributed by atoms with Crippen LogP contribution in [0.2, 0.25) is 0 Å². The maximum atomic E-state index is 12.5. The highest BCUT2D eigenvalue weighted by atomic mass is 32.2. The van der Waals surface area contributed by atoms with Crippen LogP contribution in [0.3, 0.4) is 0 Å². The fourth-order valence-corrected chi connectivity index (χ4v) is 3.43. The van der Waals surface area contributed by atoms with Crippen LogP contribution < -0.4 is 0 Å². The van der Waals surface area contributed by atoms with Crippen LogP contribution in [0.15, 0.2) is 45.7 Å². The predicted molar refractivity (Wildman–Crippen MR) is 107 cm³/mol. The minimum Gasteiger partial charge on any atom is -0.461 e. The Morgan fingerprint density at radius 1 is 1.31 bits per heavy atom. The van der Waals surface area contributed by atoms with E-state index in [4.69, 9.17) is 9.15 Å². The Bertz CT molecular complexity index is 1030. The number of hydrogen-bond acceptors (Lipinski definition) is 7. The normalized spacial score (nSPS) is 16.2. The van der Waals surface area contributed by atoms with Gasteiger partial charge >= 0.3 is 5.97 Å². The molecule has 0 radical (unpaired) electrons. The molecule has 0 unspecified atom stereocenters. The Morgan fingerprint density at radius 2 is 2.07 bits per heavy atom. The second-order valence-corrected chi connectivity index (χ2v) is 7.33. The molecule has 7 nitrogen and oxygen atoms in total. The molecule has 1 aromatic heterocycles. The molecule has 1 saturated heterocycles. The Kier molecular flexibility index (Phi) is 6.20. The first-order valence-electron chi connectivity index (χ1n) is 8.97. The first-order chi connectivity index (χ1) is 13.9. The van der Waals surface area contributed by atoms with Crippen LogP contribution in [-0.4, -0.2) is 34.7 Å². The Labute approximate surface area is 171 Å². The summed E-state index contributed by atoms with van der Waals surface area (Å²) in [6.45, 7) is 3.18. The lowest BCUT2D eigenvalue weighted by Gasteiger charge is -2.14. The van der Waals surface area contributed by atoms with Gasteiger partial charge in [0.15, 0.2) is 0 Å². The van der Waals surface area contributed by atoms with E-state index in [2.05, 4.69) is 6.07 Å². The summed E-state index contributed by atoms with van der Waals surface area (Å²) >= 11 is 0.734. The van der Waals surface area contributed by atoms with Gasteiger partial charge in [-0.05, 0) is 49.4 Å². The van der Waals surface area contributed by atoms with E-state index >= 15 is 0 Å². The summed E-state index contributed by atoms with van der Waals surface area (Å²) in [5, 5.41) is 8.68. The monoisotopic (exact) mass is 410 g/mol. The molecule has 0 N–H and O–H groups in total. The van der Waals surface area contributed by atoms with Gasteiger partial charge in [-0.3, -0.25) is 19.3 Å². The van der Waals surface area contributed by atoms with Gasteiger partial charge in [0.25, 0.3) is 11.1 Å². The molecule has 3 rings (SSSR count). The van der Waals surface area contributed by atoms with Crippen molar-refractivity contribution in [2.45, 2.75) is 26.4 Å². The summed E-state index contributed by atoms with van der Waals surface area (Å²) in [7, 11) is 0. The van der Waals surface area contributed by atoms with E-state index < -0.39 is 23.7 Å². The van der Waals surface area contributed by atoms with Gasteiger partial charge in [0, 0.05) is 11.6 Å². The zero-order valence-corrected chi connectivity index (χ0v) is 16.7. The van der Waals surface area contributed by atoms with Crippen molar-refractivity contribution in [3.05, 3.63) is 52.6 Å². The lowest BCUT2D eigenvalue weighted by atomic mass is 10.1. The van der Waals surface area contributed by atoms with Crippen molar-refractivity contribution in [1.29, 1.82) is 5.26 Å². The average Bonchev–Trinajstić information content (AvgIpc) is 3.28. The molecule has 148 valence electrons. The highest BCUT2D eigenvalue weighted by molar-refractivity contribution is 8.18. The molecule has 0 spiro atoms. The number of carbonyl (C=O) groups excluding carboxylic acids is 3. The molecule has 0 aliphatic carbocycles. The number of hydrogen-bond donors (Lipinski definition) is 0. The third-order valence-corrected chi connectivity index (χ3v) is 5.19. The zero-order chi connectivity index (χ0) is 21.0. The molecule has 1 aromatic carbocycles. The minimum atomic E-state index is -0.628. The largest absolute Gasteiger partial charge is 0.461 e. The summed E-state index contributed by atoms with van der Waals surface area (Å²) in [4.78, 5) is 37.6. The molecule has 8 heteroatoms. The number of amides is 2. The third-order valence-electron chi connectivity index (χ3n) is 4.28. The molecule has 29 heavy (non-hydrogen) atoms. The number of esters is 1. The predicted octanol–water partition coefficient (Wildman–Crippen LogP) is 4.20. The lowest BCUT2D eigenvalue weighted by molar-refractivity contribution is -0.150. The number of furan rings is 1. The topological polar surface area (TPSA) is 101 Å². The molecule has 2 amide bonds. The second-order valence-electron chi connectivity index (χ2n) is 6.34. The van der Waals surface area contributed by atoms with Crippen molar-refractivity contribution in [2.75, 3.05) is 6.54 Å². The van der Waals surface area contributed by atoms with Gasteiger partial charge < -0.3 is 9.15 Å². The number of nitrogens with zero attached hydrogens (tertiary/aromatic N) is 2. The van der Waals surface area contributed by atoms with Gasteiger partial charge in [0.1, 0.15) is 18.1 Å². The molecule has 2 aromatic rings. The van der Waals surface area contributed by atoms with Crippen LogP contribution in [0.25, 0.3) is 17.4 Å². The van der Waals surface area contributed by atoms with Crippen molar-refractivity contribution in [1.82, 2.24) is 4.90 Å². The number of imide groups is 1. The highest BCUT2D eigenvalue weighted by Crippen LogP contribution is 2.33. The van der Waals surface area contributed by atoms with Gasteiger partial charge in [0.2, 0.25) is 0 Å². The van der Waals surface area contributed by atoms with Crippen LogP contribution in [0.5, 0.6) is 0 Å². The van der Waals surface area contributed by atoms with Crippen molar-refractivity contribution < 1.29 is 23.5 Å². The average molecular weight is 410 g/mol. The van der Waals surface area contributed by atoms with E-state index in [1.165, 1.54) is 6.08 Å². The fourth-order valence-electron chi connectivity index (χ4n) is 2.61. The number of thioether (sulfide) groups is 1. The quantitative estimate of drug-likeness (QED) is 0.520. The van der Waals surface area contributed by atoms with Crippen molar-refractivity contribution in [3.8, 4) is 17.4 Å². The van der Waals surface area contributed by atoms with Crippen molar-refractivity contribution >= 4 is 35.0 Å². The molecule has 0 saturated carbocycles. The maximum absolute atomic E-state index is 12.5. The molecule has 1 aliphatic heterocycles. The van der Waals surface area contributed by atoms with Crippen LogP contribution in [0.1, 0.15) is 31.6 Å². The Morgan fingerprint density at radius 3 is 2.79 bits per heavy atom. The summed E-state index contributed by atoms with van der Waals surface area (Å²) in [5.74, 6) is -0.363. The molecule has 1 aliphatic rings. The fraction of sp³-hybridized carbons (Fsp3) is 0.238. The van der Waals surface area contributed by atoms with Crippen molar-refractivity contribution in [2.24, 2.45) is 0 Å². The van der Waals surface area contributed by atoms with Crippen molar-refractivity contribution in [3.63, 3.8) is 0 Å². The summed E-state index contributed by atoms with van der Waals surface area (Å²) in [5.41, 5.74) is 1.10. The highest BCUT2D eigenvalue weighted by Gasteiger charge is 2.37. The molecule has 2 heterocycles. The van der Waals surface area contributed by atoms with Crippen LogP contribution in [0, 0.1) is 11.3 Å². The van der Waals surface area contributed by atoms with Gasteiger partial charge in [-0.1, -0.05) is 19.1 Å². The van der Waals surface area contributed by atoms with Gasteiger partial charge in [-0.15, -0.1) is 0 Å². The molecular weight excluding hydrogens is 392 g/mol. The van der Waals surface area contributed by atoms with Crippen LogP contribution >= 0.6 is 11.8 Å². The van der Waals surface area contributed by atoms with Crippen LogP contribution in [-0.2, 0) is 14.3 Å².